The van der Waals surface area contributed by atoms with Gasteiger partial charge in [-0.3, -0.25) is 4.79 Å². The van der Waals surface area contributed by atoms with E-state index in [9.17, 15) is 9.59 Å². The Balaban J connectivity index is 1.27. The molecule has 7 heteroatoms. The third-order valence-corrected chi connectivity index (χ3v) is 6.58. The van der Waals surface area contributed by atoms with Gasteiger partial charge in [-0.05, 0) is 83.9 Å². The Hall–Kier alpha value is -3.06. The van der Waals surface area contributed by atoms with Crippen molar-refractivity contribution in [1.29, 1.82) is 0 Å². The molecule has 0 saturated carbocycles. The number of benzene rings is 4. The van der Waals surface area contributed by atoms with Crippen LogP contribution >= 0.6 is 39.3 Å². The van der Waals surface area contributed by atoms with E-state index in [1.165, 1.54) is 0 Å². The Morgan fingerprint density at radius 3 is 2.12 bits per heavy atom. The molecule has 0 aliphatic heterocycles. The lowest BCUT2D eigenvalue weighted by Crippen LogP contribution is -2.20. The topological polar surface area (TPSA) is 55.4 Å². The van der Waals surface area contributed by atoms with E-state index in [-0.39, 0.29) is 6.61 Å². The number of anilines is 1. The Labute approximate surface area is 215 Å². The van der Waals surface area contributed by atoms with Gasteiger partial charge in [0.2, 0.25) is 0 Å². The third-order valence-electron chi connectivity index (χ3n) is 4.80. The van der Waals surface area contributed by atoms with Crippen LogP contribution in [-0.4, -0.2) is 18.5 Å². The van der Waals surface area contributed by atoms with Crippen molar-refractivity contribution >= 4 is 56.9 Å². The highest BCUT2D eigenvalue weighted by atomic mass is 79.9. The Bertz CT molecular complexity index is 1290. The molecule has 0 aromatic heterocycles. The summed E-state index contributed by atoms with van der Waals surface area (Å²) in [6.45, 7) is -0.371. The zero-order valence-electron chi connectivity index (χ0n) is 17.8. The number of halogens is 2. The smallest absolute Gasteiger partial charge is 0.338 e. The summed E-state index contributed by atoms with van der Waals surface area (Å²) in [6.07, 6.45) is 0. The van der Waals surface area contributed by atoms with Gasteiger partial charge in [0.1, 0.15) is 0 Å². The first-order valence-corrected chi connectivity index (χ1v) is 12.3. The monoisotopic (exact) mass is 551 g/mol. The minimum absolute atomic E-state index is 0.368. The van der Waals surface area contributed by atoms with Gasteiger partial charge < -0.3 is 10.1 Å². The van der Waals surface area contributed by atoms with Crippen LogP contribution in [0.4, 0.5) is 5.69 Å². The molecule has 0 aliphatic rings. The predicted molar refractivity (Wildman–Crippen MR) is 141 cm³/mol. The number of hydrogen-bond acceptors (Lipinski definition) is 4. The first-order valence-electron chi connectivity index (χ1n) is 10.3. The van der Waals surface area contributed by atoms with Crippen molar-refractivity contribution in [3.63, 3.8) is 0 Å². The zero-order valence-corrected chi connectivity index (χ0v) is 21.0. The minimum atomic E-state index is -0.561. The predicted octanol–water partition coefficient (Wildman–Crippen LogP) is 7.72. The molecule has 1 amide bonds. The van der Waals surface area contributed by atoms with Crippen LogP contribution in [0.15, 0.2) is 111 Å². The summed E-state index contributed by atoms with van der Waals surface area (Å²) < 4.78 is 6.19. The normalized spacial score (nSPS) is 10.5. The van der Waals surface area contributed by atoms with E-state index in [2.05, 4.69) is 21.2 Å². The molecule has 4 aromatic carbocycles. The molecule has 4 nitrogen and oxygen atoms in total. The van der Waals surface area contributed by atoms with Gasteiger partial charge >= 0.3 is 5.97 Å². The van der Waals surface area contributed by atoms with Crippen LogP contribution in [0.5, 0.6) is 0 Å². The van der Waals surface area contributed by atoms with Crippen LogP contribution in [0.2, 0.25) is 5.02 Å². The van der Waals surface area contributed by atoms with E-state index in [0.29, 0.717) is 16.3 Å². The Morgan fingerprint density at radius 1 is 0.824 bits per heavy atom. The molecule has 0 aliphatic carbocycles. The van der Waals surface area contributed by atoms with Gasteiger partial charge in [0.25, 0.3) is 5.91 Å². The molecule has 34 heavy (non-hydrogen) atoms. The zero-order chi connectivity index (χ0) is 23.9. The van der Waals surface area contributed by atoms with Crippen molar-refractivity contribution < 1.29 is 14.3 Å². The maximum Gasteiger partial charge on any atom is 0.338 e. The molecule has 1 N–H and O–H groups in total. The average molecular weight is 553 g/mol. The number of rotatable bonds is 7. The minimum Gasteiger partial charge on any atom is -0.452 e. The van der Waals surface area contributed by atoms with Gasteiger partial charge in [-0.2, -0.15) is 0 Å². The van der Waals surface area contributed by atoms with Crippen LogP contribution in [0, 0.1) is 0 Å². The van der Waals surface area contributed by atoms with Crippen molar-refractivity contribution in [2.45, 2.75) is 9.79 Å². The standard InChI is InChI=1S/C27H19BrClNO3S/c28-21-8-12-24(13-9-21)34-25-14-10-23(11-15-25)30-26(31)17-33-27(32)19-6-4-18(5-7-19)20-2-1-3-22(29)16-20/h1-16H,17H2,(H,30,31). The second-order valence-electron chi connectivity index (χ2n) is 7.29. The second-order valence-corrected chi connectivity index (χ2v) is 9.79. The third kappa shape index (κ3) is 6.73. The molecule has 0 atom stereocenters. The number of nitrogens with one attached hydrogen (secondary N) is 1. The summed E-state index contributed by atoms with van der Waals surface area (Å²) in [5.41, 5.74) is 2.88. The first kappa shape index (κ1) is 24.1. The van der Waals surface area contributed by atoms with E-state index >= 15 is 0 Å². The summed E-state index contributed by atoms with van der Waals surface area (Å²) in [5.74, 6) is -0.966. The molecule has 0 fully saturated rings. The largest absolute Gasteiger partial charge is 0.452 e. The lowest BCUT2D eigenvalue weighted by Gasteiger charge is -2.08. The summed E-state index contributed by atoms with van der Waals surface area (Å²) in [6, 6.07) is 30.0. The van der Waals surface area contributed by atoms with Crippen LogP contribution in [0.3, 0.4) is 0 Å². The second kappa shape index (κ2) is 11.4. The van der Waals surface area contributed by atoms with Gasteiger partial charge in [0.15, 0.2) is 6.61 Å². The summed E-state index contributed by atoms with van der Waals surface area (Å²) in [4.78, 5) is 26.7. The van der Waals surface area contributed by atoms with Crippen molar-refractivity contribution in [3.8, 4) is 11.1 Å². The number of ether oxygens (including phenoxy) is 1. The number of esters is 1. The number of amides is 1. The SMILES string of the molecule is O=C(COC(=O)c1ccc(-c2cccc(Cl)c2)cc1)Nc1ccc(Sc2ccc(Br)cc2)cc1. The van der Waals surface area contributed by atoms with Crippen LogP contribution in [-0.2, 0) is 9.53 Å². The van der Waals surface area contributed by atoms with E-state index in [1.807, 2.05) is 78.9 Å². The summed E-state index contributed by atoms with van der Waals surface area (Å²) in [5, 5.41) is 3.38. The molecular weight excluding hydrogens is 534 g/mol. The number of carbonyl (C=O) groups excluding carboxylic acids is 2. The highest BCUT2D eigenvalue weighted by molar-refractivity contribution is 9.10. The summed E-state index contributed by atoms with van der Waals surface area (Å²) in [7, 11) is 0. The van der Waals surface area contributed by atoms with Crippen molar-refractivity contribution in [2.24, 2.45) is 0 Å². The Kier molecular flexibility index (Phi) is 8.06. The van der Waals surface area contributed by atoms with Crippen molar-refractivity contribution in [3.05, 3.63) is 112 Å². The maximum atomic E-state index is 12.3. The molecule has 0 saturated heterocycles. The Morgan fingerprint density at radius 2 is 1.47 bits per heavy atom. The first-order chi connectivity index (χ1) is 16.5. The van der Waals surface area contributed by atoms with E-state index in [1.54, 1.807) is 30.0 Å². The van der Waals surface area contributed by atoms with E-state index < -0.39 is 11.9 Å². The van der Waals surface area contributed by atoms with E-state index in [4.69, 9.17) is 16.3 Å². The van der Waals surface area contributed by atoms with Gasteiger partial charge in [0, 0.05) is 25.0 Å². The highest BCUT2D eigenvalue weighted by Gasteiger charge is 2.11. The maximum absolute atomic E-state index is 12.3. The molecule has 0 bridgehead atoms. The van der Waals surface area contributed by atoms with Gasteiger partial charge in [-0.15, -0.1) is 0 Å². The molecule has 0 heterocycles. The number of carbonyl (C=O) groups is 2. The van der Waals surface area contributed by atoms with Crippen molar-refractivity contribution in [2.75, 3.05) is 11.9 Å². The molecule has 0 spiro atoms. The number of hydrogen-bond donors (Lipinski definition) is 1. The van der Waals surface area contributed by atoms with Crippen LogP contribution in [0.1, 0.15) is 10.4 Å². The molecule has 0 radical (unpaired) electrons. The molecule has 4 aromatic rings. The van der Waals surface area contributed by atoms with E-state index in [0.717, 1.165) is 25.4 Å². The fourth-order valence-electron chi connectivity index (χ4n) is 3.12. The molecular formula is C27H19BrClNO3S. The van der Waals surface area contributed by atoms with Crippen molar-refractivity contribution in [1.82, 2.24) is 0 Å². The highest BCUT2D eigenvalue weighted by Crippen LogP contribution is 2.29. The fourth-order valence-corrected chi connectivity index (χ4v) is 4.39. The van der Waals surface area contributed by atoms with Gasteiger partial charge in [0.05, 0.1) is 5.56 Å². The molecule has 4 rings (SSSR count). The quantitative estimate of drug-likeness (QED) is 0.239. The van der Waals surface area contributed by atoms with Crippen LogP contribution in [0.25, 0.3) is 11.1 Å². The van der Waals surface area contributed by atoms with Gasteiger partial charge in [-0.1, -0.05) is 63.6 Å². The lowest BCUT2D eigenvalue weighted by atomic mass is 10.0. The molecule has 170 valence electrons. The molecule has 0 unspecified atom stereocenters. The van der Waals surface area contributed by atoms with Crippen LogP contribution < -0.4 is 5.32 Å². The summed E-state index contributed by atoms with van der Waals surface area (Å²) >= 11 is 11.1. The lowest BCUT2D eigenvalue weighted by molar-refractivity contribution is -0.119. The average Bonchev–Trinajstić information content (AvgIpc) is 2.85. The van der Waals surface area contributed by atoms with Gasteiger partial charge in [-0.25, -0.2) is 4.79 Å². The fraction of sp³-hybridized carbons (Fsp3) is 0.0370.